The molecule has 5 nitrogen and oxygen atoms in total. The molecule has 1 atom stereocenters. The van der Waals surface area contributed by atoms with Gasteiger partial charge in [-0.1, -0.05) is 0 Å². The van der Waals surface area contributed by atoms with Crippen molar-refractivity contribution in [3.63, 3.8) is 0 Å². The van der Waals surface area contributed by atoms with Crippen LogP contribution < -0.4 is 5.32 Å². The first kappa shape index (κ1) is 12.6. The largest absolute Gasteiger partial charge is 0.383 e. The van der Waals surface area contributed by atoms with E-state index in [0.717, 1.165) is 17.2 Å². The average molecular weight is 246 g/mol. The second kappa shape index (κ2) is 5.64. The number of hydrogen-bond donors (Lipinski definition) is 1. The van der Waals surface area contributed by atoms with Gasteiger partial charge in [-0.05, 0) is 25.5 Å². The molecular weight excluding hydrogens is 228 g/mol. The molecule has 0 aliphatic heterocycles. The van der Waals surface area contributed by atoms with E-state index < -0.39 is 0 Å². The highest BCUT2D eigenvalue weighted by atomic mass is 16.5. The highest BCUT2D eigenvalue weighted by Gasteiger charge is 2.08. The first-order chi connectivity index (χ1) is 8.70. The second-order valence-corrected chi connectivity index (χ2v) is 4.34. The number of aromatic nitrogens is 3. The van der Waals surface area contributed by atoms with Gasteiger partial charge in [-0.25, -0.2) is 4.98 Å². The quantitative estimate of drug-likeness (QED) is 0.877. The molecule has 0 radical (unpaired) electrons. The van der Waals surface area contributed by atoms with Crippen molar-refractivity contribution < 1.29 is 4.74 Å². The molecule has 18 heavy (non-hydrogen) atoms. The van der Waals surface area contributed by atoms with Gasteiger partial charge in [-0.2, -0.15) is 0 Å². The summed E-state index contributed by atoms with van der Waals surface area (Å²) in [5.74, 6) is 0.798. The second-order valence-electron chi connectivity index (χ2n) is 4.34. The number of rotatable bonds is 5. The van der Waals surface area contributed by atoms with Crippen molar-refractivity contribution >= 4 is 5.95 Å². The van der Waals surface area contributed by atoms with Crippen LogP contribution in [0, 0.1) is 6.92 Å². The van der Waals surface area contributed by atoms with Crippen molar-refractivity contribution in [2.75, 3.05) is 19.0 Å². The summed E-state index contributed by atoms with van der Waals surface area (Å²) >= 11 is 0. The zero-order valence-electron chi connectivity index (χ0n) is 10.9. The van der Waals surface area contributed by atoms with E-state index in [4.69, 9.17) is 4.74 Å². The monoisotopic (exact) mass is 246 g/mol. The molecule has 0 amide bonds. The van der Waals surface area contributed by atoms with Crippen LogP contribution >= 0.6 is 0 Å². The van der Waals surface area contributed by atoms with Crippen LogP contribution in [0.5, 0.6) is 0 Å². The maximum Gasteiger partial charge on any atom is 0.207 e. The lowest BCUT2D eigenvalue weighted by Crippen LogP contribution is -2.22. The van der Waals surface area contributed by atoms with Gasteiger partial charge in [0, 0.05) is 31.7 Å². The van der Waals surface area contributed by atoms with Crippen LogP contribution in [0.4, 0.5) is 5.95 Å². The van der Waals surface area contributed by atoms with E-state index in [2.05, 4.69) is 28.3 Å². The molecule has 2 heterocycles. The average Bonchev–Trinajstić information content (AvgIpc) is 2.77. The zero-order valence-corrected chi connectivity index (χ0v) is 10.9. The van der Waals surface area contributed by atoms with Gasteiger partial charge in [-0.3, -0.25) is 9.55 Å². The van der Waals surface area contributed by atoms with Gasteiger partial charge in [0.05, 0.1) is 18.5 Å². The molecule has 0 spiro atoms. The van der Waals surface area contributed by atoms with Crippen molar-refractivity contribution in [1.29, 1.82) is 0 Å². The lowest BCUT2D eigenvalue weighted by molar-refractivity contribution is 0.190. The molecule has 0 saturated carbocycles. The van der Waals surface area contributed by atoms with E-state index in [-0.39, 0.29) is 6.04 Å². The Morgan fingerprint density at radius 3 is 3.00 bits per heavy atom. The predicted octanol–water partition coefficient (Wildman–Crippen LogP) is 2.02. The molecule has 0 aromatic carbocycles. The molecule has 0 fully saturated rings. The van der Waals surface area contributed by atoms with Crippen molar-refractivity contribution in [3.8, 4) is 5.69 Å². The van der Waals surface area contributed by atoms with Crippen LogP contribution in [0.2, 0.25) is 0 Å². The number of aryl methyl sites for hydroxylation is 1. The summed E-state index contributed by atoms with van der Waals surface area (Å²) < 4.78 is 7.08. The van der Waals surface area contributed by atoms with E-state index in [1.54, 1.807) is 13.3 Å². The standard InChI is InChI=1S/C13H18N4O/c1-10-6-12(8-14-7-10)17-5-4-15-13(17)16-11(2)9-18-3/h4-8,11H,9H2,1-3H3,(H,15,16). The fourth-order valence-electron chi connectivity index (χ4n) is 1.80. The van der Waals surface area contributed by atoms with Crippen molar-refractivity contribution in [2.24, 2.45) is 0 Å². The summed E-state index contributed by atoms with van der Waals surface area (Å²) in [5.41, 5.74) is 2.12. The molecule has 1 unspecified atom stereocenters. The Kier molecular flexibility index (Phi) is 3.94. The molecule has 2 aromatic heterocycles. The molecule has 2 aromatic rings. The molecule has 96 valence electrons. The molecule has 0 saturated heterocycles. The Balaban J connectivity index is 2.22. The van der Waals surface area contributed by atoms with Gasteiger partial charge >= 0.3 is 0 Å². The van der Waals surface area contributed by atoms with Gasteiger partial charge in [-0.15, -0.1) is 0 Å². The number of anilines is 1. The zero-order chi connectivity index (χ0) is 13.0. The van der Waals surface area contributed by atoms with Crippen LogP contribution in [0.3, 0.4) is 0 Å². The normalized spacial score (nSPS) is 12.4. The Morgan fingerprint density at radius 1 is 1.44 bits per heavy atom. The lowest BCUT2D eigenvalue weighted by atomic mass is 10.3. The van der Waals surface area contributed by atoms with Crippen LogP contribution in [0.1, 0.15) is 12.5 Å². The highest BCUT2D eigenvalue weighted by Crippen LogP contribution is 2.15. The molecule has 5 heteroatoms. The molecule has 2 rings (SSSR count). The maximum atomic E-state index is 5.11. The molecule has 0 bridgehead atoms. The summed E-state index contributed by atoms with van der Waals surface area (Å²) in [6.07, 6.45) is 7.34. The van der Waals surface area contributed by atoms with Crippen LogP contribution in [0.25, 0.3) is 5.69 Å². The summed E-state index contributed by atoms with van der Waals surface area (Å²) in [5, 5.41) is 3.31. The summed E-state index contributed by atoms with van der Waals surface area (Å²) in [4.78, 5) is 8.51. The Morgan fingerprint density at radius 2 is 2.28 bits per heavy atom. The number of imidazole rings is 1. The fraction of sp³-hybridized carbons (Fsp3) is 0.385. The van der Waals surface area contributed by atoms with Gasteiger partial charge in [0.1, 0.15) is 0 Å². The molecule has 0 aliphatic rings. The van der Waals surface area contributed by atoms with Crippen LogP contribution in [-0.4, -0.2) is 34.3 Å². The van der Waals surface area contributed by atoms with Gasteiger partial charge in [0.25, 0.3) is 0 Å². The number of ether oxygens (including phenoxy) is 1. The van der Waals surface area contributed by atoms with E-state index in [0.29, 0.717) is 6.61 Å². The molecular formula is C13H18N4O. The number of pyridine rings is 1. The third-order valence-electron chi connectivity index (χ3n) is 2.57. The first-order valence-electron chi connectivity index (χ1n) is 5.91. The van der Waals surface area contributed by atoms with Gasteiger partial charge in [0.15, 0.2) is 0 Å². The summed E-state index contributed by atoms with van der Waals surface area (Å²) in [6.45, 7) is 4.71. The smallest absolute Gasteiger partial charge is 0.207 e. The third-order valence-corrected chi connectivity index (χ3v) is 2.57. The third kappa shape index (κ3) is 2.87. The van der Waals surface area contributed by atoms with E-state index >= 15 is 0 Å². The fourth-order valence-corrected chi connectivity index (χ4v) is 1.80. The number of methoxy groups -OCH3 is 1. The Hall–Kier alpha value is -1.88. The summed E-state index contributed by atoms with van der Waals surface area (Å²) in [6, 6.07) is 2.27. The summed E-state index contributed by atoms with van der Waals surface area (Å²) in [7, 11) is 1.69. The van der Waals surface area contributed by atoms with Gasteiger partial charge in [0.2, 0.25) is 5.95 Å². The minimum absolute atomic E-state index is 0.203. The Bertz CT molecular complexity index is 509. The van der Waals surface area contributed by atoms with E-state index in [1.165, 1.54) is 0 Å². The SMILES string of the molecule is COCC(C)Nc1nccn1-c1cncc(C)c1. The van der Waals surface area contributed by atoms with Crippen molar-refractivity contribution in [3.05, 3.63) is 36.4 Å². The highest BCUT2D eigenvalue weighted by molar-refractivity contribution is 5.41. The Labute approximate surface area is 107 Å². The van der Waals surface area contributed by atoms with E-state index in [9.17, 15) is 0 Å². The van der Waals surface area contributed by atoms with Crippen molar-refractivity contribution in [2.45, 2.75) is 19.9 Å². The minimum atomic E-state index is 0.203. The topological polar surface area (TPSA) is 52.0 Å². The van der Waals surface area contributed by atoms with E-state index in [1.807, 2.05) is 30.1 Å². The molecule has 0 aliphatic carbocycles. The van der Waals surface area contributed by atoms with Crippen LogP contribution in [-0.2, 0) is 4.74 Å². The van der Waals surface area contributed by atoms with Gasteiger partial charge < -0.3 is 10.1 Å². The van der Waals surface area contributed by atoms with Crippen molar-refractivity contribution in [1.82, 2.24) is 14.5 Å². The molecule has 1 N–H and O–H groups in total. The minimum Gasteiger partial charge on any atom is -0.383 e. The maximum absolute atomic E-state index is 5.11. The lowest BCUT2D eigenvalue weighted by Gasteiger charge is -2.15. The number of nitrogens with one attached hydrogen (secondary N) is 1. The first-order valence-corrected chi connectivity index (χ1v) is 5.91. The number of hydrogen-bond acceptors (Lipinski definition) is 4. The van der Waals surface area contributed by atoms with Crippen LogP contribution in [0.15, 0.2) is 30.9 Å². The predicted molar refractivity (Wildman–Crippen MR) is 71.1 cm³/mol. The number of nitrogens with zero attached hydrogens (tertiary/aromatic N) is 3.